The van der Waals surface area contributed by atoms with E-state index in [1.807, 2.05) is 6.92 Å². The summed E-state index contributed by atoms with van der Waals surface area (Å²) in [4.78, 5) is 3.75. The monoisotopic (exact) mass is 121 g/mol. The molecule has 3 nitrogen and oxygen atoms in total. The van der Waals surface area contributed by atoms with E-state index < -0.39 is 0 Å². The third-order valence-corrected chi connectivity index (χ3v) is 1.07. The summed E-state index contributed by atoms with van der Waals surface area (Å²) in [5.41, 5.74) is 0. The molecule has 46 valence electrons. The van der Waals surface area contributed by atoms with Crippen LogP contribution in [-0.2, 0) is 0 Å². The van der Waals surface area contributed by atoms with Crippen molar-refractivity contribution in [3.63, 3.8) is 0 Å². The first kappa shape index (κ1) is 5.83. The number of nitrogens with zero attached hydrogens (tertiary/aromatic N) is 3. The van der Waals surface area contributed by atoms with Gasteiger partial charge in [-0.25, -0.2) is 9.67 Å². The van der Waals surface area contributed by atoms with Gasteiger partial charge in [0.05, 0.1) is 0 Å². The maximum Gasteiger partial charge on any atom is 0.137 e. The van der Waals surface area contributed by atoms with E-state index in [1.54, 1.807) is 11.0 Å². The molecule has 0 aliphatic heterocycles. The van der Waals surface area contributed by atoms with Gasteiger partial charge in [0, 0.05) is 0 Å². The molecule has 1 heterocycles. The second-order valence-electron chi connectivity index (χ2n) is 1.72. The van der Waals surface area contributed by atoms with Gasteiger partial charge in [0.25, 0.3) is 0 Å². The highest BCUT2D eigenvalue weighted by Gasteiger charge is 1.96. The Balaban J connectivity index is 2.80. The van der Waals surface area contributed by atoms with Gasteiger partial charge in [-0.3, -0.25) is 0 Å². The maximum atomic E-state index is 5.12. The molecule has 9 heavy (non-hydrogen) atoms. The van der Waals surface area contributed by atoms with Gasteiger partial charge >= 0.3 is 0 Å². The lowest BCUT2D eigenvalue weighted by atomic mass is 10.4. The van der Waals surface area contributed by atoms with Crippen LogP contribution < -0.4 is 0 Å². The zero-order valence-electron chi connectivity index (χ0n) is 5.15. The largest absolute Gasteiger partial charge is 0.238 e. The Bertz CT molecular complexity index is 207. The fourth-order valence-electron chi connectivity index (χ4n) is 0.494. The average molecular weight is 121 g/mol. The highest BCUT2D eigenvalue weighted by atomic mass is 15.3. The predicted molar refractivity (Wildman–Crippen MR) is 33.6 cm³/mol. The van der Waals surface area contributed by atoms with Crippen molar-refractivity contribution in [3.8, 4) is 12.3 Å². The molecule has 0 radical (unpaired) electrons. The van der Waals surface area contributed by atoms with Gasteiger partial charge in [0.15, 0.2) is 0 Å². The van der Waals surface area contributed by atoms with Gasteiger partial charge in [-0.1, -0.05) is 5.92 Å². The van der Waals surface area contributed by atoms with E-state index >= 15 is 0 Å². The molecule has 1 rings (SSSR count). The lowest BCUT2D eigenvalue weighted by molar-refractivity contribution is 0.595. The molecular weight excluding hydrogens is 114 g/mol. The standard InChI is InChI=1S/C6H7N3/c1-3-6(2)9-5-7-4-8-9/h1,4-6H,2H3. The molecule has 1 unspecified atom stereocenters. The zero-order chi connectivity index (χ0) is 6.69. The Kier molecular flexibility index (Phi) is 1.50. The Hall–Kier alpha value is -1.30. The normalized spacial score (nSPS) is 12.4. The minimum atomic E-state index is 0.00694. The molecule has 0 aliphatic carbocycles. The van der Waals surface area contributed by atoms with Gasteiger partial charge in [-0.2, -0.15) is 5.10 Å². The summed E-state index contributed by atoms with van der Waals surface area (Å²) in [6, 6.07) is 0.00694. The maximum absolute atomic E-state index is 5.12. The molecule has 0 aromatic carbocycles. The summed E-state index contributed by atoms with van der Waals surface area (Å²) in [5.74, 6) is 2.53. The van der Waals surface area contributed by atoms with Crippen LogP contribution in [0.1, 0.15) is 13.0 Å². The quantitative estimate of drug-likeness (QED) is 0.506. The number of hydrogen-bond acceptors (Lipinski definition) is 2. The minimum Gasteiger partial charge on any atom is -0.238 e. The molecule has 0 aliphatic rings. The van der Waals surface area contributed by atoms with Crippen LogP contribution in [0.25, 0.3) is 0 Å². The third-order valence-electron chi connectivity index (χ3n) is 1.07. The van der Waals surface area contributed by atoms with Crippen LogP contribution in [0, 0.1) is 12.3 Å². The first-order valence-corrected chi connectivity index (χ1v) is 2.65. The molecule has 0 bridgehead atoms. The summed E-state index contributed by atoms with van der Waals surface area (Å²) < 4.78 is 1.62. The van der Waals surface area contributed by atoms with Crippen molar-refractivity contribution >= 4 is 0 Å². The summed E-state index contributed by atoms with van der Waals surface area (Å²) in [6.45, 7) is 1.88. The molecule has 1 aromatic rings. The fourth-order valence-corrected chi connectivity index (χ4v) is 0.494. The fraction of sp³-hybridized carbons (Fsp3) is 0.333. The van der Waals surface area contributed by atoms with Crippen LogP contribution in [0.3, 0.4) is 0 Å². The smallest absolute Gasteiger partial charge is 0.137 e. The Labute approximate surface area is 53.7 Å². The SMILES string of the molecule is C#CC(C)n1cncn1. The summed E-state index contributed by atoms with van der Waals surface area (Å²) >= 11 is 0. The van der Waals surface area contributed by atoms with E-state index in [-0.39, 0.29) is 6.04 Å². The van der Waals surface area contributed by atoms with Crippen molar-refractivity contribution in [1.82, 2.24) is 14.8 Å². The number of rotatable bonds is 1. The van der Waals surface area contributed by atoms with Crippen LogP contribution in [0.4, 0.5) is 0 Å². The molecule has 1 atom stereocenters. The van der Waals surface area contributed by atoms with E-state index in [0.29, 0.717) is 0 Å². The van der Waals surface area contributed by atoms with Crippen molar-refractivity contribution in [3.05, 3.63) is 12.7 Å². The van der Waals surface area contributed by atoms with Crippen LogP contribution in [0.15, 0.2) is 12.7 Å². The molecule has 0 saturated carbocycles. The van der Waals surface area contributed by atoms with Gasteiger partial charge in [0.2, 0.25) is 0 Å². The van der Waals surface area contributed by atoms with Crippen molar-refractivity contribution in [1.29, 1.82) is 0 Å². The topological polar surface area (TPSA) is 30.7 Å². The van der Waals surface area contributed by atoms with E-state index in [0.717, 1.165) is 0 Å². The van der Waals surface area contributed by atoms with Crippen LogP contribution in [0.2, 0.25) is 0 Å². The Morgan fingerprint density at radius 2 is 2.56 bits per heavy atom. The second-order valence-corrected chi connectivity index (χ2v) is 1.72. The molecule has 1 aromatic heterocycles. The number of aromatic nitrogens is 3. The van der Waals surface area contributed by atoms with Crippen LogP contribution in [0.5, 0.6) is 0 Å². The summed E-state index contributed by atoms with van der Waals surface area (Å²) in [6.07, 6.45) is 8.19. The van der Waals surface area contributed by atoms with Crippen LogP contribution in [-0.4, -0.2) is 14.8 Å². The van der Waals surface area contributed by atoms with Gasteiger partial charge in [-0.15, -0.1) is 6.42 Å². The number of hydrogen-bond donors (Lipinski definition) is 0. The van der Waals surface area contributed by atoms with E-state index in [9.17, 15) is 0 Å². The number of terminal acetylenes is 1. The Morgan fingerprint density at radius 1 is 1.78 bits per heavy atom. The molecular formula is C6H7N3. The lowest BCUT2D eigenvalue weighted by Gasteiger charge is -1.99. The Morgan fingerprint density at radius 3 is 3.00 bits per heavy atom. The van der Waals surface area contributed by atoms with Crippen molar-refractivity contribution in [2.75, 3.05) is 0 Å². The predicted octanol–water partition coefficient (Wildman–Crippen LogP) is 0.472. The van der Waals surface area contributed by atoms with Gasteiger partial charge in [-0.05, 0) is 6.92 Å². The van der Waals surface area contributed by atoms with Gasteiger partial charge in [0.1, 0.15) is 18.7 Å². The van der Waals surface area contributed by atoms with E-state index in [1.165, 1.54) is 6.33 Å². The first-order valence-electron chi connectivity index (χ1n) is 2.65. The summed E-state index contributed by atoms with van der Waals surface area (Å²) in [5, 5.41) is 3.85. The van der Waals surface area contributed by atoms with E-state index in [4.69, 9.17) is 6.42 Å². The third kappa shape index (κ3) is 1.08. The van der Waals surface area contributed by atoms with Crippen molar-refractivity contribution in [2.24, 2.45) is 0 Å². The molecule has 0 fully saturated rings. The van der Waals surface area contributed by atoms with Crippen LogP contribution >= 0.6 is 0 Å². The second kappa shape index (κ2) is 2.31. The van der Waals surface area contributed by atoms with Crippen molar-refractivity contribution in [2.45, 2.75) is 13.0 Å². The summed E-state index contributed by atoms with van der Waals surface area (Å²) in [7, 11) is 0. The molecule has 0 amide bonds. The van der Waals surface area contributed by atoms with E-state index in [2.05, 4.69) is 16.0 Å². The highest BCUT2D eigenvalue weighted by Crippen LogP contribution is 1.96. The molecule has 0 spiro atoms. The average Bonchev–Trinajstić information content (AvgIpc) is 2.37. The zero-order valence-corrected chi connectivity index (χ0v) is 5.15. The minimum absolute atomic E-state index is 0.00694. The van der Waals surface area contributed by atoms with Crippen molar-refractivity contribution < 1.29 is 0 Å². The molecule has 0 saturated heterocycles. The lowest BCUT2D eigenvalue weighted by Crippen LogP contribution is -2.01. The van der Waals surface area contributed by atoms with Gasteiger partial charge < -0.3 is 0 Å². The molecule has 3 heteroatoms. The first-order chi connectivity index (χ1) is 4.34. The highest BCUT2D eigenvalue weighted by molar-refractivity contribution is 4.93. The molecule has 0 N–H and O–H groups in total.